The molecule has 0 radical (unpaired) electrons. The van der Waals surface area contributed by atoms with Crippen molar-refractivity contribution in [3.63, 3.8) is 0 Å². The van der Waals surface area contributed by atoms with Gasteiger partial charge in [0.2, 0.25) is 5.91 Å². The number of amides is 1. The van der Waals surface area contributed by atoms with E-state index in [0.29, 0.717) is 5.54 Å². The summed E-state index contributed by atoms with van der Waals surface area (Å²) in [6.45, 7) is 1.74. The molecule has 2 rings (SSSR count). The highest BCUT2D eigenvalue weighted by atomic mass is 16.5. The van der Waals surface area contributed by atoms with E-state index in [1.807, 2.05) is 0 Å². The maximum Gasteiger partial charge on any atom is 0.220 e. The lowest BCUT2D eigenvalue weighted by molar-refractivity contribution is -0.120. The summed E-state index contributed by atoms with van der Waals surface area (Å²) in [7, 11) is 6.17. The third-order valence-corrected chi connectivity index (χ3v) is 5.38. The van der Waals surface area contributed by atoms with E-state index in [4.69, 9.17) is 4.74 Å². The molecule has 1 heterocycles. The molecule has 1 saturated heterocycles. The van der Waals surface area contributed by atoms with Gasteiger partial charge in [-0.3, -0.25) is 4.79 Å². The van der Waals surface area contributed by atoms with Crippen molar-refractivity contribution in [2.45, 2.75) is 50.5 Å². The highest BCUT2D eigenvalue weighted by molar-refractivity contribution is 5.79. The highest BCUT2D eigenvalue weighted by Gasteiger charge is 2.46. The predicted octanol–water partition coefficient (Wildman–Crippen LogP) is 1.79. The molecule has 0 aromatic carbocycles. The molecule has 4 nitrogen and oxygen atoms in total. The molecule has 1 N–H and O–H groups in total. The summed E-state index contributed by atoms with van der Waals surface area (Å²) in [5.41, 5.74) is 0.577. The van der Waals surface area contributed by atoms with Gasteiger partial charge in [0.15, 0.2) is 0 Å². The Balaban J connectivity index is 1.95. The third kappa shape index (κ3) is 3.11. The summed E-state index contributed by atoms with van der Waals surface area (Å²) < 4.78 is 5.19. The summed E-state index contributed by atoms with van der Waals surface area (Å²) in [5, 5.41) is 3.02. The lowest BCUT2D eigenvalue weighted by Gasteiger charge is -2.48. The number of carbonyl (C=O) groups is 1. The van der Waals surface area contributed by atoms with Gasteiger partial charge in [0.05, 0.1) is 0 Å². The molecule has 110 valence electrons. The minimum absolute atomic E-state index is 0.247. The number of nitrogens with one attached hydrogen (secondary N) is 1. The first-order valence-corrected chi connectivity index (χ1v) is 7.45. The Hall–Kier alpha value is -0.610. The van der Waals surface area contributed by atoms with Crippen molar-refractivity contribution < 1.29 is 9.53 Å². The van der Waals surface area contributed by atoms with Gasteiger partial charge in [-0.05, 0) is 58.0 Å². The van der Waals surface area contributed by atoms with Gasteiger partial charge < -0.3 is 15.0 Å². The van der Waals surface area contributed by atoms with Gasteiger partial charge in [-0.15, -0.1) is 0 Å². The second-order valence-corrected chi connectivity index (χ2v) is 6.67. The van der Waals surface area contributed by atoms with Crippen LogP contribution in [-0.2, 0) is 9.53 Å². The topological polar surface area (TPSA) is 41.6 Å². The van der Waals surface area contributed by atoms with Gasteiger partial charge in [0, 0.05) is 32.2 Å². The Morgan fingerprint density at radius 1 is 1.26 bits per heavy atom. The van der Waals surface area contributed by atoms with E-state index in [0.717, 1.165) is 26.0 Å². The van der Waals surface area contributed by atoms with E-state index < -0.39 is 0 Å². The first-order valence-electron chi connectivity index (χ1n) is 7.45. The number of nitrogens with zero attached hydrogens (tertiary/aromatic N) is 1. The predicted molar refractivity (Wildman–Crippen MR) is 76.1 cm³/mol. The first kappa shape index (κ1) is 14.8. The highest BCUT2D eigenvalue weighted by Crippen LogP contribution is 2.47. The molecule has 1 spiro atoms. The number of rotatable bonds is 5. The molecule has 2 fully saturated rings. The lowest BCUT2D eigenvalue weighted by atomic mass is 9.65. The van der Waals surface area contributed by atoms with Crippen molar-refractivity contribution >= 4 is 5.91 Å². The van der Waals surface area contributed by atoms with Crippen molar-refractivity contribution in [2.75, 3.05) is 34.4 Å². The lowest BCUT2D eigenvalue weighted by Crippen LogP contribution is -2.49. The zero-order valence-corrected chi connectivity index (χ0v) is 12.6. The van der Waals surface area contributed by atoms with Crippen LogP contribution < -0.4 is 5.32 Å². The van der Waals surface area contributed by atoms with E-state index in [-0.39, 0.29) is 11.3 Å². The number of ether oxygens (including phenoxy) is 1. The average Bonchev–Trinajstić information content (AvgIpc) is 2.74. The Kier molecular flexibility index (Phi) is 4.51. The van der Waals surface area contributed by atoms with Gasteiger partial charge in [0.25, 0.3) is 0 Å². The Bertz CT molecular complexity index is 320. The monoisotopic (exact) mass is 268 g/mol. The Labute approximate surface area is 116 Å². The number of methoxy groups -OCH3 is 1. The van der Waals surface area contributed by atoms with Gasteiger partial charge in [-0.1, -0.05) is 0 Å². The SMILES string of the molecule is COCCCC1(N(C)C)CCC2(CC1)CNC(=O)C2. The molecule has 2 aliphatic rings. The van der Waals surface area contributed by atoms with Gasteiger partial charge in [-0.25, -0.2) is 0 Å². The fourth-order valence-corrected chi connectivity index (χ4v) is 3.82. The maximum atomic E-state index is 11.5. The van der Waals surface area contributed by atoms with E-state index in [2.05, 4.69) is 24.3 Å². The van der Waals surface area contributed by atoms with Gasteiger partial charge in [-0.2, -0.15) is 0 Å². The zero-order chi connectivity index (χ0) is 13.9. The van der Waals surface area contributed by atoms with Crippen molar-refractivity contribution in [2.24, 2.45) is 5.41 Å². The van der Waals surface area contributed by atoms with Crippen molar-refractivity contribution in [1.82, 2.24) is 10.2 Å². The van der Waals surface area contributed by atoms with Gasteiger partial charge in [0.1, 0.15) is 0 Å². The Morgan fingerprint density at radius 2 is 1.95 bits per heavy atom. The molecule has 1 amide bonds. The number of carbonyl (C=O) groups excluding carboxylic acids is 1. The maximum absolute atomic E-state index is 11.5. The second-order valence-electron chi connectivity index (χ2n) is 6.67. The molecule has 1 aliphatic heterocycles. The van der Waals surface area contributed by atoms with E-state index in [9.17, 15) is 4.79 Å². The standard InChI is InChI=1S/C15H28N2O2/c1-17(2)15(5-4-10-19-3)8-6-14(7-9-15)11-13(18)16-12-14/h4-12H2,1-3H3,(H,16,18). The quantitative estimate of drug-likeness (QED) is 0.773. The molecule has 1 aliphatic carbocycles. The molecule has 0 aromatic heterocycles. The molecule has 1 saturated carbocycles. The molecule has 0 unspecified atom stereocenters. The van der Waals surface area contributed by atoms with E-state index in [1.54, 1.807) is 7.11 Å². The van der Waals surface area contributed by atoms with Gasteiger partial charge >= 0.3 is 0 Å². The van der Waals surface area contributed by atoms with Crippen molar-refractivity contribution in [3.8, 4) is 0 Å². The van der Waals surface area contributed by atoms with Crippen molar-refractivity contribution in [1.29, 1.82) is 0 Å². The normalized spacial score (nSPS) is 35.1. The summed E-state index contributed by atoms with van der Waals surface area (Å²) in [6, 6.07) is 0. The van der Waals surface area contributed by atoms with Crippen LogP contribution in [0.5, 0.6) is 0 Å². The molecule has 4 heteroatoms. The minimum Gasteiger partial charge on any atom is -0.385 e. The summed E-state index contributed by atoms with van der Waals surface area (Å²) >= 11 is 0. The molecular formula is C15H28N2O2. The fourth-order valence-electron chi connectivity index (χ4n) is 3.82. The van der Waals surface area contributed by atoms with Crippen LogP contribution >= 0.6 is 0 Å². The van der Waals surface area contributed by atoms with Crippen molar-refractivity contribution in [3.05, 3.63) is 0 Å². The largest absolute Gasteiger partial charge is 0.385 e. The van der Waals surface area contributed by atoms with E-state index >= 15 is 0 Å². The first-order chi connectivity index (χ1) is 9.02. The van der Waals surface area contributed by atoms with Crippen LogP contribution in [0.25, 0.3) is 0 Å². The minimum atomic E-state index is 0.247. The molecule has 19 heavy (non-hydrogen) atoms. The summed E-state index contributed by atoms with van der Waals surface area (Å²) in [4.78, 5) is 13.9. The molecule has 0 bridgehead atoms. The fraction of sp³-hybridized carbons (Fsp3) is 0.933. The third-order valence-electron chi connectivity index (χ3n) is 5.38. The second kappa shape index (κ2) is 5.80. The van der Waals surface area contributed by atoms with Crippen LogP contribution in [0, 0.1) is 5.41 Å². The van der Waals surface area contributed by atoms with Crippen LogP contribution in [0.3, 0.4) is 0 Å². The number of hydrogen-bond acceptors (Lipinski definition) is 3. The summed E-state index contributed by atoms with van der Waals surface area (Å²) in [6.07, 6.45) is 7.84. The number of hydrogen-bond donors (Lipinski definition) is 1. The van der Waals surface area contributed by atoms with E-state index in [1.165, 1.54) is 32.1 Å². The Morgan fingerprint density at radius 3 is 2.42 bits per heavy atom. The van der Waals surface area contributed by atoms with Crippen LogP contribution in [0.1, 0.15) is 44.9 Å². The summed E-state index contributed by atoms with van der Waals surface area (Å²) in [5.74, 6) is 0.247. The molecule has 0 aromatic rings. The zero-order valence-electron chi connectivity index (χ0n) is 12.6. The van der Waals surface area contributed by atoms with Crippen LogP contribution in [0.2, 0.25) is 0 Å². The molecular weight excluding hydrogens is 240 g/mol. The van der Waals surface area contributed by atoms with Crippen LogP contribution in [0.4, 0.5) is 0 Å². The average molecular weight is 268 g/mol. The smallest absolute Gasteiger partial charge is 0.220 e. The van der Waals surface area contributed by atoms with Crippen LogP contribution in [0.15, 0.2) is 0 Å². The molecule has 0 atom stereocenters. The van der Waals surface area contributed by atoms with Crippen LogP contribution in [-0.4, -0.2) is 50.7 Å².